The van der Waals surface area contributed by atoms with Gasteiger partial charge in [0.25, 0.3) is 5.91 Å². The summed E-state index contributed by atoms with van der Waals surface area (Å²) in [7, 11) is 0. The summed E-state index contributed by atoms with van der Waals surface area (Å²) in [5.74, 6) is 0.186. The van der Waals surface area contributed by atoms with Crippen molar-refractivity contribution in [3.8, 4) is 5.75 Å². The van der Waals surface area contributed by atoms with E-state index >= 15 is 0 Å². The van der Waals surface area contributed by atoms with E-state index in [1.54, 1.807) is 12.1 Å². The van der Waals surface area contributed by atoms with E-state index in [4.69, 9.17) is 5.73 Å². The number of carbonyl (C=O) groups is 1. The number of nitrogens with one attached hydrogen (secondary N) is 1. The van der Waals surface area contributed by atoms with Gasteiger partial charge in [-0.25, -0.2) is 0 Å². The minimum absolute atomic E-state index is 0.0395. The molecular formula is C15H22N2O2. The lowest BCUT2D eigenvalue weighted by molar-refractivity contribution is 0.0905. The summed E-state index contributed by atoms with van der Waals surface area (Å²) < 4.78 is 0. The molecular weight excluding hydrogens is 240 g/mol. The molecule has 1 aliphatic rings. The van der Waals surface area contributed by atoms with Gasteiger partial charge in [-0.1, -0.05) is 18.9 Å². The van der Waals surface area contributed by atoms with E-state index in [2.05, 4.69) is 5.32 Å². The normalized spacial score (nSPS) is 23.1. The average Bonchev–Trinajstić information content (AvgIpc) is 2.39. The van der Waals surface area contributed by atoms with Crippen LogP contribution in [0.1, 0.15) is 41.6 Å². The average molecular weight is 262 g/mol. The van der Waals surface area contributed by atoms with Gasteiger partial charge in [-0.2, -0.15) is 0 Å². The fraction of sp³-hybridized carbons (Fsp3) is 0.533. The molecule has 0 spiro atoms. The van der Waals surface area contributed by atoms with E-state index in [0.717, 1.165) is 24.8 Å². The lowest BCUT2D eigenvalue weighted by Gasteiger charge is -2.31. The molecule has 4 nitrogen and oxygen atoms in total. The Bertz CT molecular complexity index is 459. The number of aromatic hydroxyl groups is 1. The molecule has 0 saturated heterocycles. The standard InChI is InChI=1S/C15H22N2O2/c1-10-6-7-12(14(18)8-10)15(19)17-13-5-3-2-4-11(13)9-16/h6-8,11,13,18H,2-5,9,16H2,1H3,(H,17,19). The third kappa shape index (κ3) is 3.26. The van der Waals surface area contributed by atoms with Crippen molar-refractivity contribution in [2.75, 3.05) is 6.54 Å². The fourth-order valence-corrected chi connectivity index (χ4v) is 2.76. The zero-order valence-corrected chi connectivity index (χ0v) is 11.4. The molecule has 104 valence electrons. The van der Waals surface area contributed by atoms with Crippen LogP contribution in [0.3, 0.4) is 0 Å². The second-order valence-electron chi connectivity index (χ2n) is 5.38. The number of nitrogens with two attached hydrogens (primary N) is 1. The zero-order valence-electron chi connectivity index (χ0n) is 11.4. The van der Waals surface area contributed by atoms with Crippen molar-refractivity contribution < 1.29 is 9.90 Å². The van der Waals surface area contributed by atoms with Crippen LogP contribution in [0.2, 0.25) is 0 Å². The molecule has 1 fully saturated rings. The minimum Gasteiger partial charge on any atom is -0.507 e. The van der Waals surface area contributed by atoms with Crippen LogP contribution in [0.25, 0.3) is 0 Å². The molecule has 0 aliphatic heterocycles. The lowest BCUT2D eigenvalue weighted by atomic mass is 9.84. The summed E-state index contributed by atoms with van der Waals surface area (Å²) in [4.78, 5) is 12.2. The lowest BCUT2D eigenvalue weighted by Crippen LogP contribution is -2.44. The molecule has 4 N–H and O–H groups in total. The van der Waals surface area contributed by atoms with Crippen LogP contribution < -0.4 is 11.1 Å². The van der Waals surface area contributed by atoms with E-state index in [9.17, 15) is 9.90 Å². The van der Waals surface area contributed by atoms with E-state index in [0.29, 0.717) is 18.0 Å². The molecule has 1 saturated carbocycles. The molecule has 2 unspecified atom stereocenters. The molecule has 0 heterocycles. The number of benzene rings is 1. The first-order valence-corrected chi connectivity index (χ1v) is 6.92. The number of hydrogen-bond donors (Lipinski definition) is 3. The van der Waals surface area contributed by atoms with Crippen LogP contribution in [-0.4, -0.2) is 23.6 Å². The smallest absolute Gasteiger partial charge is 0.255 e. The molecule has 1 aliphatic carbocycles. The Morgan fingerprint density at radius 2 is 2.16 bits per heavy atom. The maximum atomic E-state index is 12.2. The predicted molar refractivity (Wildman–Crippen MR) is 75.1 cm³/mol. The Hall–Kier alpha value is -1.55. The summed E-state index contributed by atoms with van der Waals surface area (Å²) in [5, 5.41) is 12.8. The van der Waals surface area contributed by atoms with Gasteiger partial charge in [0.05, 0.1) is 5.56 Å². The number of rotatable bonds is 3. The number of hydrogen-bond acceptors (Lipinski definition) is 3. The maximum Gasteiger partial charge on any atom is 0.255 e. The van der Waals surface area contributed by atoms with Crippen LogP contribution in [0.4, 0.5) is 0 Å². The maximum absolute atomic E-state index is 12.2. The minimum atomic E-state index is -0.206. The summed E-state index contributed by atoms with van der Waals surface area (Å²) in [6.07, 6.45) is 4.35. The second kappa shape index (κ2) is 6.06. The number of aryl methyl sites for hydroxylation is 1. The SMILES string of the molecule is Cc1ccc(C(=O)NC2CCCCC2CN)c(O)c1. The number of phenolic OH excluding ortho intramolecular Hbond substituents is 1. The molecule has 0 aromatic heterocycles. The molecule has 0 bridgehead atoms. The van der Waals surface area contributed by atoms with E-state index in [-0.39, 0.29) is 17.7 Å². The molecule has 19 heavy (non-hydrogen) atoms. The first-order chi connectivity index (χ1) is 9.11. The molecule has 1 aromatic rings. The molecule has 0 radical (unpaired) electrons. The van der Waals surface area contributed by atoms with Gasteiger partial charge < -0.3 is 16.2 Å². The molecule has 4 heteroatoms. The third-order valence-corrected chi connectivity index (χ3v) is 3.93. The number of phenols is 1. The van der Waals surface area contributed by atoms with Gasteiger partial charge in [0.2, 0.25) is 0 Å². The molecule has 2 rings (SSSR count). The van der Waals surface area contributed by atoms with Gasteiger partial charge in [-0.05, 0) is 49.9 Å². The first-order valence-electron chi connectivity index (χ1n) is 6.92. The summed E-state index contributed by atoms with van der Waals surface area (Å²) in [5.41, 5.74) is 7.03. The monoisotopic (exact) mass is 262 g/mol. The Balaban J connectivity index is 2.07. The van der Waals surface area contributed by atoms with Crippen LogP contribution >= 0.6 is 0 Å². The van der Waals surface area contributed by atoms with Crippen LogP contribution in [0, 0.1) is 12.8 Å². The first kappa shape index (κ1) is 13.9. The van der Waals surface area contributed by atoms with Gasteiger partial charge in [0.15, 0.2) is 0 Å². The van der Waals surface area contributed by atoms with Crippen molar-refractivity contribution in [1.82, 2.24) is 5.32 Å². The van der Waals surface area contributed by atoms with Crippen molar-refractivity contribution in [2.24, 2.45) is 11.7 Å². The zero-order chi connectivity index (χ0) is 13.8. The van der Waals surface area contributed by atoms with Crippen molar-refractivity contribution in [2.45, 2.75) is 38.6 Å². The third-order valence-electron chi connectivity index (χ3n) is 3.93. The van der Waals surface area contributed by atoms with Gasteiger partial charge in [0, 0.05) is 6.04 Å². The number of amides is 1. The van der Waals surface area contributed by atoms with Crippen molar-refractivity contribution in [3.63, 3.8) is 0 Å². The van der Waals surface area contributed by atoms with Crippen molar-refractivity contribution in [1.29, 1.82) is 0 Å². The quantitative estimate of drug-likeness (QED) is 0.779. The van der Waals surface area contributed by atoms with Crippen molar-refractivity contribution >= 4 is 5.91 Å². The topological polar surface area (TPSA) is 75.4 Å². The Labute approximate surface area is 114 Å². The fourth-order valence-electron chi connectivity index (χ4n) is 2.76. The summed E-state index contributed by atoms with van der Waals surface area (Å²) >= 11 is 0. The van der Waals surface area contributed by atoms with E-state index in [1.165, 1.54) is 6.42 Å². The summed E-state index contributed by atoms with van der Waals surface area (Å²) in [6.45, 7) is 2.48. The predicted octanol–water partition coefficient (Wildman–Crippen LogP) is 1.95. The summed E-state index contributed by atoms with van der Waals surface area (Å²) in [6, 6.07) is 5.24. The van der Waals surface area contributed by atoms with Gasteiger partial charge in [0.1, 0.15) is 5.75 Å². The van der Waals surface area contributed by atoms with Crippen LogP contribution in [0.15, 0.2) is 18.2 Å². The van der Waals surface area contributed by atoms with E-state index < -0.39 is 0 Å². The highest BCUT2D eigenvalue weighted by molar-refractivity contribution is 5.97. The van der Waals surface area contributed by atoms with Gasteiger partial charge in [-0.3, -0.25) is 4.79 Å². The highest BCUT2D eigenvalue weighted by Gasteiger charge is 2.26. The highest BCUT2D eigenvalue weighted by Crippen LogP contribution is 2.25. The Morgan fingerprint density at radius 1 is 1.42 bits per heavy atom. The van der Waals surface area contributed by atoms with Crippen LogP contribution in [0.5, 0.6) is 5.75 Å². The highest BCUT2D eigenvalue weighted by atomic mass is 16.3. The van der Waals surface area contributed by atoms with E-state index in [1.807, 2.05) is 13.0 Å². The van der Waals surface area contributed by atoms with Gasteiger partial charge in [-0.15, -0.1) is 0 Å². The largest absolute Gasteiger partial charge is 0.507 e. The van der Waals surface area contributed by atoms with Gasteiger partial charge >= 0.3 is 0 Å². The Kier molecular flexibility index (Phi) is 4.43. The molecule has 1 amide bonds. The van der Waals surface area contributed by atoms with Crippen LogP contribution in [-0.2, 0) is 0 Å². The Morgan fingerprint density at radius 3 is 2.84 bits per heavy atom. The van der Waals surface area contributed by atoms with Crippen molar-refractivity contribution in [3.05, 3.63) is 29.3 Å². The second-order valence-corrected chi connectivity index (χ2v) is 5.38. The molecule has 1 aromatic carbocycles. The number of carbonyl (C=O) groups excluding carboxylic acids is 1. The molecule has 2 atom stereocenters.